The maximum atomic E-state index is 3.60. The van der Waals surface area contributed by atoms with Crippen molar-refractivity contribution in [3.05, 3.63) is 57.8 Å². The standard InChI is InChI=1S/C18H25NS/c1-5-19-17(12-14-10-11-20-13-14)15-6-8-16(9-7-15)18(2,3)4/h6-11,13,17,19H,5,12H2,1-4H3. The van der Waals surface area contributed by atoms with Crippen molar-refractivity contribution >= 4 is 11.3 Å². The van der Waals surface area contributed by atoms with E-state index in [9.17, 15) is 0 Å². The van der Waals surface area contributed by atoms with Gasteiger partial charge < -0.3 is 5.32 Å². The highest BCUT2D eigenvalue weighted by Gasteiger charge is 2.15. The van der Waals surface area contributed by atoms with E-state index in [1.165, 1.54) is 16.7 Å². The highest BCUT2D eigenvalue weighted by molar-refractivity contribution is 7.07. The maximum Gasteiger partial charge on any atom is 0.0361 e. The van der Waals surface area contributed by atoms with Crippen LogP contribution in [0.2, 0.25) is 0 Å². The van der Waals surface area contributed by atoms with Gasteiger partial charge in [0.05, 0.1) is 0 Å². The van der Waals surface area contributed by atoms with Crippen LogP contribution in [0.4, 0.5) is 0 Å². The first-order valence-corrected chi connectivity index (χ1v) is 8.30. The first-order valence-electron chi connectivity index (χ1n) is 7.35. The Kier molecular flexibility index (Phi) is 5.00. The maximum absolute atomic E-state index is 3.60. The minimum Gasteiger partial charge on any atom is -0.310 e. The molecule has 2 heteroatoms. The second-order valence-corrected chi connectivity index (χ2v) is 7.10. The SMILES string of the molecule is CCNC(Cc1ccsc1)c1ccc(C(C)(C)C)cc1. The molecule has 0 amide bonds. The number of likely N-dealkylation sites (N-methyl/N-ethyl adjacent to an activating group) is 1. The summed E-state index contributed by atoms with van der Waals surface area (Å²) in [5, 5.41) is 8.00. The predicted octanol–water partition coefficient (Wildman–Crippen LogP) is 4.94. The number of benzene rings is 1. The molecule has 0 aliphatic rings. The summed E-state index contributed by atoms with van der Waals surface area (Å²) in [6, 6.07) is 11.7. The van der Waals surface area contributed by atoms with E-state index >= 15 is 0 Å². The lowest BCUT2D eigenvalue weighted by atomic mass is 9.86. The first-order chi connectivity index (χ1) is 9.50. The number of nitrogens with one attached hydrogen (secondary N) is 1. The fraction of sp³-hybridized carbons (Fsp3) is 0.444. The monoisotopic (exact) mass is 287 g/mol. The zero-order valence-electron chi connectivity index (χ0n) is 12.9. The lowest BCUT2D eigenvalue weighted by Crippen LogP contribution is -2.23. The number of hydrogen-bond donors (Lipinski definition) is 1. The Hall–Kier alpha value is -1.12. The molecule has 1 heterocycles. The first kappa shape index (κ1) is 15.3. The van der Waals surface area contributed by atoms with E-state index in [2.05, 4.69) is 74.1 Å². The molecule has 2 rings (SSSR count). The van der Waals surface area contributed by atoms with Gasteiger partial charge >= 0.3 is 0 Å². The van der Waals surface area contributed by atoms with Crippen LogP contribution < -0.4 is 5.32 Å². The minimum atomic E-state index is 0.222. The third-order valence-electron chi connectivity index (χ3n) is 3.65. The molecule has 0 aliphatic carbocycles. The largest absolute Gasteiger partial charge is 0.310 e. The molecule has 0 spiro atoms. The van der Waals surface area contributed by atoms with Crippen molar-refractivity contribution in [2.75, 3.05) is 6.54 Å². The van der Waals surface area contributed by atoms with Crippen LogP contribution >= 0.6 is 11.3 Å². The molecule has 0 saturated heterocycles. The number of thiophene rings is 1. The van der Waals surface area contributed by atoms with Crippen molar-refractivity contribution in [3.8, 4) is 0 Å². The molecule has 0 aliphatic heterocycles. The van der Waals surface area contributed by atoms with E-state index in [0.29, 0.717) is 6.04 Å². The summed E-state index contributed by atoms with van der Waals surface area (Å²) in [7, 11) is 0. The lowest BCUT2D eigenvalue weighted by molar-refractivity contribution is 0.548. The van der Waals surface area contributed by atoms with Gasteiger partial charge in [0.2, 0.25) is 0 Å². The van der Waals surface area contributed by atoms with Crippen LogP contribution in [0, 0.1) is 0 Å². The van der Waals surface area contributed by atoms with E-state index in [1.54, 1.807) is 11.3 Å². The van der Waals surface area contributed by atoms with E-state index in [-0.39, 0.29) is 5.41 Å². The van der Waals surface area contributed by atoms with Gasteiger partial charge in [0, 0.05) is 6.04 Å². The van der Waals surface area contributed by atoms with Crippen molar-refractivity contribution in [2.24, 2.45) is 0 Å². The fourth-order valence-corrected chi connectivity index (χ4v) is 3.10. The fourth-order valence-electron chi connectivity index (χ4n) is 2.41. The van der Waals surface area contributed by atoms with Gasteiger partial charge in [-0.2, -0.15) is 11.3 Å². The van der Waals surface area contributed by atoms with Gasteiger partial charge in [0.1, 0.15) is 0 Å². The molecule has 108 valence electrons. The number of rotatable bonds is 5. The normalized spacial score (nSPS) is 13.4. The Bertz CT molecular complexity index is 505. The minimum absolute atomic E-state index is 0.222. The molecular weight excluding hydrogens is 262 g/mol. The molecule has 20 heavy (non-hydrogen) atoms. The molecule has 0 fully saturated rings. The van der Waals surface area contributed by atoms with Crippen LogP contribution in [0.25, 0.3) is 0 Å². The van der Waals surface area contributed by atoms with Crippen LogP contribution in [-0.2, 0) is 11.8 Å². The van der Waals surface area contributed by atoms with E-state index in [0.717, 1.165) is 13.0 Å². The van der Waals surface area contributed by atoms with Crippen molar-refractivity contribution in [3.63, 3.8) is 0 Å². The van der Waals surface area contributed by atoms with E-state index in [1.807, 2.05) is 0 Å². The van der Waals surface area contributed by atoms with Gasteiger partial charge in [0.25, 0.3) is 0 Å². The molecule has 2 aromatic rings. The summed E-state index contributed by atoms with van der Waals surface area (Å²) in [6.07, 6.45) is 1.06. The molecular formula is C18H25NS. The summed E-state index contributed by atoms with van der Waals surface area (Å²) < 4.78 is 0. The highest BCUT2D eigenvalue weighted by Crippen LogP contribution is 2.25. The Morgan fingerprint density at radius 2 is 1.80 bits per heavy atom. The molecule has 1 N–H and O–H groups in total. The topological polar surface area (TPSA) is 12.0 Å². The van der Waals surface area contributed by atoms with Gasteiger partial charge in [0.15, 0.2) is 0 Å². The zero-order chi connectivity index (χ0) is 14.6. The zero-order valence-corrected chi connectivity index (χ0v) is 13.8. The van der Waals surface area contributed by atoms with Crippen LogP contribution in [0.1, 0.15) is 50.4 Å². The third-order valence-corrected chi connectivity index (χ3v) is 4.38. The van der Waals surface area contributed by atoms with Crippen LogP contribution in [0.3, 0.4) is 0 Å². The molecule has 0 radical (unpaired) electrons. The smallest absolute Gasteiger partial charge is 0.0361 e. The van der Waals surface area contributed by atoms with Gasteiger partial charge in [-0.3, -0.25) is 0 Å². The van der Waals surface area contributed by atoms with Crippen molar-refractivity contribution in [1.29, 1.82) is 0 Å². The second-order valence-electron chi connectivity index (χ2n) is 6.32. The van der Waals surface area contributed by atoms with Crippen molar-refractivity contribution in [2.45, 2.75) is 45.6 Å². The Balaban J connectivity index is 2.17. The molecule has 0 saturated carbocycles. The van der Waals surface area contributed by atoms with Gasteiger partial charge in [-0.1, -0.05) is 52.0 Å². The molecule has 1 aromatic carbocycles. The predicted molar refractivity (Wildman–Crippen MR) is 89.6 cm³/mol. The van der Waals surface area contributed by atoms with Crippen LogP contribution in [0.5, 0.6) is 0 Å². The molecule has 1 atom stereocenters. The highest BCUT2D eigenvalue weighted by atomic mass is 32.1. The Morgan fingerprint density at radius 1 is 1.10 bits per heavy atom. The van der Waals surface area contributed by atoms with Gasteiger partial charge in [-0.05, 0) is 51.9 Å². The quantitative estimate of drug-likeness (QED) is 0.821. The number of hydrogen-bond acceptors (Lipinski definition) is 2. The van der Waals surface area contributed by atoms with Gasteiger partial charge in [-0.15, -0.1) is 0 Å². The average Bonchev–Trinajstić information content (AvgIpc) is 2.90. The Labute approximate surface area is 127 Å². The Morgan fingerprint density at radius 3 is 2.30 bits per heavy atom. The van der Waals surface area contributed by atoms with Gasteiger partial charge in [-0.25, -0.2) is 0 Å². The van der Waals surface area contributed by atoms with Crippen LogP contribution in [0.15, 0.2) is 41.1 Å². The second kappa shape index (κ2) is 6.55. The average molecular weight is 287 g/mol. The third kappa shape index (κ3) is 3.94. The molecule has 1 unspecified atom stereocenters. The van der Waals surface area contributed by atoms with E-state index in [4.69, 9.17) is 0 Å². The summed E-state index contributed by atoms with van der Waals surface area (Å²) in [5.74, 6) is 0. The van der Waals surface area contributed by atoms with E-state index < -0.39 is 0 Å². The van der Waals surface area contributed by atoms with Crippen LogP contribution in [-0.4, -0.2) is 6.54 Å². The summed E-state index contributed by atoms with van der Waals surface area (Å²) >= 11 is 1.77. The summed E-state index contributed by atoms with van der Waals surface area (Å²) in [5.41, 5.74) is 4.42. The van der Waals surface area contributed by atoms with Crippen molar-refractivity contribution < 1.29 is 0 Å². The molecule has 1 nitrogen and oxygen atoms in total. The summed E-state index contributed by atoms with van der Waals surface area (Å²) in [6.45, 7) is 9.94. The molecule has 0 bridgehead atoms. The summed E-state index contributed by atoms with van der Waals surface area (Å²) in [4.78, 5) is 0. The van der Waals surface area contributed by atoms with Crippen molar-refractivity contribution in [1.82, 2.24) is 5.32 Å². The molecule has 1 aromatic heterocycles. The lowest BCUT2D eigenvalue weighted by Gasteiger charge is -2.22.